The third-order valence-corrected chi connectivity index (χ3v) is 6.42. The molecule has 2 amide bonds. The molecule has 1 fully saturated rings. The van der Waals surface area contributed by atoms with Gasteiger partial charge >= 0.3 is 0 Å². The Balaban J connectivity index is 1.58. The van der Waals surface area contributed by atoms with Crippen LogP contribution in [0.4, 0.5) is 0 Å². The van der Waals surface area contributed by atoms with E-state index in [2.05, 4.69) is 4.99 Å². The number of amides is 2. The molecule has 8 nitrogen and oxygen atoms in total. The minimum atomic E-state index is -0.368. The smallest absolute Gasteiger partial charge is 0.279 e. The van der Waals surface area contributed by atoms with Crippen LogP contribution in [-0.4, -0.2) is 61.8 Å². The van der Waals surface area contributed by atoms with Crippen LogP contribution in [0.5, 0.6) is 11.5 Å². The molecule has 1 aliphatic rings. The highest BCUT2D eigenvalue weighted by atomic mass is 32.1. The summed E-state index contributed by atoms with van der Waals surface area (Å²) < 4.78 is 17.8. The lowest BCUT2D eigenvalue weighted by atomic mass is 10.1. The number of thiazole rings is 1. The van der Waals surface area contributed by atoms with Crippen LogP contribution in [0.1, 0.15) is 31.2 Å². The number of hydrogen-bond acceptors (Lipinski definition) is 6. The van der Waals surface area contributed by atoms with Crippen molar-refractivity contribution in [2.24, 2.45) is 4.99 Å². The number of rotatable bonds is 6. The van der Waals surface area contributed by atoms with Crippen molar-refractivity contribution in [2.45, 2.75) is 13.5 Å². The third-order valence-electron chi connectivity index (χ3n) is 5.49. The van der Waals surface area contributed by atoms with E-state index in [1.807, 2.05) is 46.9 Å². The van der Waals surface area contributed by atoms with E-state index in [-0.39, 0.29) is 11.8 Å². The molecule has 0 bridgehead atoms. The first-order chi connectivity index (χ1) is 16.5. The minimum Gasteiger partial charge on any atom is -0.493 e. The molecule has 178 valence electrons. The first-order valence-electron chi connectivity index (χ1n) is 10.9. The van der Waals surface area contributed by atoms with Gasteiger partial charge in [-0.3, -0.25) is 9.59 Å². The van der Waals surface area contributed by atoms with Crippen LogP contribution < -0.4 is 14.3 Å². The zero-order valence-corrected chi connectivity index (χ0v) is 20.3. The van der Waals surface area contributed by atoms with Crippen LogP contribution in [0, 0.1) is 6.92 Å². The van der Waals surface area contributed by atoms with Crippen molar-refractivity contribution in [3.8, 4) is 11.5 Å². The quantitative estimate of drug-likeness (QED) is 0.540. The topological polar surface area (TPSA) is 82.4 Å². The summed E-state index contributed by atoms with van der Waals surface area (Å²) in [6, 6.07) is 12.6. The van der Waals surface area contributed by atoms with Gasteiger partial charge in [-0.25, -0.2) is 0 Å². The summed E-state index contributed by atoms with van der Waals surface area (Å²) in [6.07, 6.45) is 1.96. The average molecular weight is 482 g/mol. The van der Waals surface area contributed by atoms with Gasteiger partial charge in [-0.15, -0.1) is 11.3 Å². The number of carbonyl (C=O) groups is 2. The van der Waals surface area contributed by atoms with E-state index >= 15 is 0 Å². The SMILES string of the molecule is COc1ccc(C(=O)N=c2sc(C)cn2Cc2cccc(C(=O)N3CCOCC3)c2)cc1OC. The molecule has 2 heterocycles. The monoisotopic (exact) mass is 481 g/mol. The molecule has 0 saturated carbocycles. The first kappa shape index (κ1) is 23.7. The summed E-state index contributed by atoms with van der Waals surface area (Å²) in [5, 5.41) is 0. The number of methoxy groups -OCH3 is 2. The maximum Gasteiger partial charge on any atom is 0.279 e. The van der Waals surface area contributed by atoms with Crippen LogP contribution in [0.3, 0.4) is 0 Å². The van der Waals surface area contributed by atoms with E-state index in [1.54, 1.807) is 25.3 Å². The van der Waals surface area contributed by atoms with Gasteiger partial charge in [0.05, 0.1) is 27.4 Å². The van der Waals surface area contributed by atoms with Gasteiger partial charge in [0.2, 0.25) is 0 Å². The Kier molecular flexibility index (Phi) is 7.44. The van der Waals surface area contributed by atoms with Gasteiger partial charge < -0.3 is 23.7 Å². The van der Waals surface area contributed by atoms with Crippen LogP contribution in [0.15, 0.2) is 53.7 Å². The van der Waals surface area contributed by atoms with Gasteiger partial charge in [0.25, 0.3) is 11.8 Å². The van der Waals surface area contributed by atoms with Crippen LogP contribution in [-0.2, 0) is 11.3 Å². The van der Waals surface area contributed by atoms with Crippen molar-refractivity contribution >= 4 is 23.2 Å². The molecule has 0 spiro atoms. The van der Waals surface area contributed by atoms with E-state index in [1.165, 1.54) is 18.4 Å². The zero-order chi connectivity index (χ0) is 24.1. The van der Waals surface area contributed by atoms with Crippen molar-refractivity contribution in [3.05, 3.63) is 75.0 Å². The number of hydrogen-bond donors (Lipinski definition) is 0. The van der Waals surface area contributed by atoms with Gasteiger partial charge in [-0.1, -0.05) is 12.1 Å². The number of aromatic nitrogens is 1. The Hall–Kier alpha value is -3.43. The fraction of sp³-hybridized carbons (Fsp3) is 0.320. The van der Waals surface area contributed by atoms with Crippen LogP contribution >= 0.6 is 11.3 Å². The molecule has 0 unspecified atom stereocenters. The maximum atomic E-state index is 12.9. The standard InChI is InChI=1S/C25H27N3O5S/c1-17-15-28(16-18-5-4-6-20(13-18)24(30)27-9-11-33-12-10-27)25(34-17)26-23(29)19-7-8-21(31-2)22(14-19)32-3/h4-8,13-15H,9-12,16H2,1-3H3. The molecule has 0 radical (unpaired) electrons. The van der Waals surface area contributed by atoms with E-state index in [0.29, 0.717) is 60.3 Å². The molecule has 0 atom stereocenters. The Morgan fingerprint density at radius 2 is 1.79 bits per heavy atom. The molecule has 34 heavy (non-hydrogen) atoms. The van der Waals surface area contributed by atoms with Crippen molar-refractivity contribution in [1.82, 2.24) is 9.47 Å². The number of morpholine rings is 1. The molecule has 0 N–H and O–H groups in total. The van der Waals surface area contributed by atoms with E-state index in [9.17, 15) is 9.59 Å². The predicted octanol–water partition coefficient (Wildman–Crippen LogP) is 3.14. The fourth-order valence-electron chi connectivity index (χ4n) is 3.77. The number of aryl methyl sites for hydroxylation is 1. The predicted molar refractivity (Wildman–Crippen MR) is 129 cm³/mol. The second-order valence-corrected chi connectivity index (χ2v) is 9.06. The highest BCUT2D eigenvalue weighted by Gasteiger charge is 2.19. The lowest BCUT2D eigenvalue weighted by Crippen LogP contribution is -2.40. The summed E-state index contributed by atoms with van der Waals surface area (Å²) in [5.74, 6) is 0.658. The molecule has 1 aromatic heterocycles. The van der Waals surface area contributed by atoms with Crippen LogP contribution in [0.25, 0.3) is 0 Å². The van der Waals surface area contributed by atoms with Gasteiger partial charge in [-0.05, 0) is 42.8 Å². The summed E-state index contributed by atoms with van der Waals surface area (Å²) >= 11 is 1.44. The minimum absolute atomic E-state index is 0.00481. The lowest BCUT2D eigenvalue weighted by Gasteiger charge is -2.27. The molecule has 1 aliphatic heterocycles. The van der Waals surface area contributed by atoms with E-state index < -0.39 is 0 Å². The highest BCUT2D eigenvalue weighted by molar-refractivity contribution is 7.09. The molecular formula is C25H27N3O5S. The average Bonchev–Trinajstić information content (AvgIpc) is 3.21. The molecule has 4 rings (SSSR count). The molecular weight excluding hydrogens is 454 g/mol. The zero-order valence-electron chi connectivity index (χ0n) is 19.4. The summed E-state index contributed by atoms with van der Waals surface area (Å²) in [5.41, 5.74) is 2.01. The Bertz CT molecular complexity index is 1260. The Morgan fingerprint density at radius 1 is 1.03 bits per heavy atom. The van der Waals surface area contributed by atoms with E-state index in [0.717, 1.165) is 10.4 Å². The molecule has 3 aromatic rings. The van der Waals surface area contributed by atoms with Gasteiger partial charge in [0, 0.05) is 41.8 Å². The van der Waals surface area contributed by atoms with Crippen molar-refractivity contribution in [1.29, 1.82) is 0 Å². The Labute approximate surface area is 202 Å². The molecule has 2 aromatic carbocycles. The highest BCUT2D eigenvalue weighted by Crippen LogP contribution is 2.27. The number of carbonyl (C=O) groups excluding carboxylic acids is 2. The summed E-state index contributed by atoms with van der Waals surface area (Å²) in [7, 11) is 3.07. The van der Waals surface area contributed by atoms with E-state index in [4.69, 9.17) is 14.2 Å². The van der Waals surface area contributed by atoms with Crippen molar-refractivity contribution < 1.29 is 23.8 Å². The normalized spacial score (nSPS) is 14.2. The van der Waals surface area contributed by atoms with Gasteiger partial charge in [0.1, 0.15) is 0 Å². The Morgan fingerprint density at radius 3 is 2.53 bits per heavy atom. The van der Waals surface area contributed by atoms with Crippen LogP contribution in [0.2, 0.25) is 0 Å². The van der Waals surface area contributed by atoms with Crippen molar-refractivity contribution in [2.75, 3.05) is 40.5 Å². The van der Waals surface area contributed by atoms with Gasteiger partial charge in [0.15, 0.2) is 16.3 Å². The number of nitrogens with zero attached hydrogens (tertiary/aromatic N) is 3. The fourth-order valence-corrected chi connectivity index (χ4v) is 4.60. The molecule has 9 heteroatoms. The number of benzene rings is 2. The lowest BCUT2D eigenvalue weighted by molar-refractivity contribution is 0.0303. The molecule has 1 saturated heterocycles. The van der Waals surface area contributed by atoms with Crippen molar-refractivity contribution in [3.63, 3.8) is 0 Å². The second kappa shape index (κ2) is 10.7. The number of ether oxygens (including phenoxy) is 3. The third kappa shape index (κ3) is 5.37. The maximum absolute atomic E-state index is 12.9. The molecule has 0 aliphatic carbocycles. The largest absolute Gasteiger partial charge is 0.493 e. The summed E-state index contributed by atoms with van der Waals surface area (Å²) in [4.78, 5) is 33.5. The first-order valence-corrected chi connectivity index (χ1v) is 11.7. The summed E-state index contributed by atoms with van der Waals surface area (Å²) in [6.45, 7) is 4.79. The van der Waals surface area contributed by atoms with Gasteiger partial charge in [-0.2, -0.15) is 4.99 Å². The second-order valence-electron chi connectivity index (χ2n) is 7.84.